The van der Waals surface area contributed by atoms with Crippen LogP contribution < -0.4 is 0 Å². The van der Waals surface area contributed by atoms with Crippen LogP contribution in [0.4, 0.5) is 9.59 Å². The van der Waals surface area contributed by atoms with E-state index in [4.69, 9.17) is 19.3 Å². The largest absolute Gasteiger partial charge is 0.521 e. The highest BCUT2D eigenvalue weighted by atomic mass is 127. The molecule has 1 unspecified atom stereocenters. The monoisotopic (exact) mass is 447 g/mol. The van der Waals surface area contributed by atoms with Crippen LogP contribution in [0.5, 0.6) is 0 Å². The lowest BCUT2D eigenvalue weighted by molar-refractivity contribution is -0.171. The Morgan fingerprint density at radius 2 is 1.83 bits per heavy atom. The van der Waals surface area contributed by atoms with Gasteiger partial charge in [-0.2, -0.15) is 0 Å². The van der Waals surface area contributed by atoms with Gasteiger partial charge in [-0.3, -0.25) is 4.79 Å². The summed E-state index contributed by atoms with van der Waals surface area (Å²) >= 11 is 1.33. The highest BCUT2D eigenvalue weighted by molar-refractivity contribution is 14.1. The third-order valence-corrected chi connectivity index (χ3v) is 2.58. The standard InChI is InChI=1S/C13H22INO8/c1-13(2,3)22-11(18)15(4)8-9(17)20-10(6-5-7-16)21-12(19)23-14/h10,16H,5-8H2,1-4H3. The number of aliphatic hydroxyl groups is 1. The molecule has 0 fully saturated rings. The number of ether oxygens (including phenoxy) is 3. The van der Waals surface area contributed by atoms with Gasteiger partial charge >= 0.3 is 18.2 Å². The Morgan fingerprint density at radius 1 is 1.22 bits per heavy atom. The van der Waals surface area contributed by atoms with E-state index in [9.17, 15) is 14.4 Å². The third kappa shape index (κ3) is 11.0. The van der Waals surface area contributed by atoms with Crippen LogP contribution in [0.2, 0.25) is 0 Å². The molecule has 0 aliphatic carbocycles. The van der Waals surface area contributed by atoms with Crippen molar-refractivity contribution in [2.75, 3.05) is 20.2 Å². The Hall–Kier alpha value is -1.30. The summed E-state index contributed by atoms with van der Waals surface area (Å²) in [5, 5.41) is 8.78. The Labute approximate surface area is 148 Å². The number of esters is 1. The normalized spacial score (nSPS) is 12.1. The van der Waals surface area contributed by atoms with E-state index in [0.29, 0.717) is 0 Å². The number of rotatable bonds is 7. The Morgan fingerprint density at radius 3 is 2.30 bits per heavy atom. The molecule has 10 heteroatoms. The van der Waals surface area contributed by atoms with Crippen molar-refractivity contribution in [3.8, 4) is 0 Å². The molecule has 0 heterocycles. The lowest BCUT2D eigenvalue weighted by atomic mass is 10.2. The van der Waals surface area contributed by atoms with E-state index in [1.807, 2.05) is 0 Å². The van der Waals surface area contributed by atoms with E-state index in [1.54, 1.807) is 20.8 Å². The number of aliphatic hydroxyl groups excluding tert-OH is 1. The van der Waals surface area contributed by atoms with Gasteiger partial charge in [-0.1, -0.05) is 0 Å². The smallest absolute Gasteiger partial charge is 0.444 e. The average molecular weight is 447 g/mol. The lowest BCUT2D eigenvalue weighted by Crippen LogP contribution is -2.39. The van der Waals surface area contributed by atoms with E-state index in [2.05, 4.69) is 3.07 Å². The number of hydrogen-bond acceptors (Lipinski definition) is 8. The maximum atomic E-state index is 11.8. The molecule has 0 bridgehead atoms. The minimum absolute atomic E-state index is 0.101. The topological polar surface area (TPSA) is 112 Å². The summed E-state index contributed by atoms with van der Waals surface area (Å²) in [5.74, 6) is -0.789. The number of hydrogen-bond donors (Lipinski definition) is 1. The van der Waals surface area contributed by atoms with Crippen LogP contribution in [-0.4, -0.2) is 60.3 Å². The molecule has 0 spiro atoms. The van der Waals surface area contributed by atoms with Crippen LogP contribution in [0, 0.1) is 0 Å². The van der Waals surface area contributed by atoms with Gasteiger partial charge in [0.25, 0.3) is 6.29 Å². The van der Waals surface area contributed by atoms with Crippen LogP contribution in [0.25, 0.3) is 0 Å². The molecule has 0 aromatic heterocycles. The number of carbonyl (C=O) groups excluding carboxylic acids is 3. The maximum absolute atomic E-state index is 11.8. The fraction of sp³-hybridized carbons (Fsp3) is 0.769. The number of carbonyl (C=O) groups is 3. The molecule has 1 atom stereocenters. The minimum Gasteiger partial charge on any atom is -0.444 e. The quantitative estimate of drug-likeness (QED) is 0.359. The highest BCUT2D eigenvalue weighted by Gasteiger charge is 2.24. The number of nitrogens with zero attached hydrogens (tertiary/aromatic N) is 1. The van der Waals surface area contributed by atoms with Gasteiger partial charge in [-0.25, -0.2) is 9.59 Å². The van der Waals surface area contributed by atoms with Crippen molar-refractivity contribution in [1.82, 2.24) is 4.90 Å². The molecule has 0 saturated heterocycles. The summed E-state index contributed by atoms with van der Waals surface area (Å²) in [7, 11) is 1.37. The van der Waals surface area contributed by atoms with Crippen LogP contribution in [-0.2, 0) is 22.1 Å². The first-order valence-corrected chi connectivity index (χ1v) is 7.70. The molecule has 0 aliphatic rings. The average Bonchev–Trinajstić information content (AvgIpc) is 2.42. The molecular formula is C13H22INO8. The molecule has 0 saturated carbocycles. The molecular weight excluding hydrogens is 425 g/mol. The SMILES string of the molecule is CN(CC(=O)OC(CCCO)OC(=O)OI)C(=O)OC(C)(C)C. The lowest BCUT2D eigenvalue weighted by Gasteiger charge is -2.24. The summed E-state index contributed by atoms with van der Waals surface area (Å²) in [6, 6.07) is 0. The van der Waals surface area contributed by atoms with Crippen LogP contribution in [0.3, 0.4) is 0 Å². The van der Waals surface area contributed by atoms with Crippen molar-refractivity contribution in [2.24, 2.45) is 0 Å². The van der Waals surface area contributed by atoms with Crippen molar-refractivity contribution in [3.63, 3.8) is 0 Å². The van der Waals surface area contributed by atoms with Crippen molar-refractivity contribution in [2.45, 2.75) is 45.5 Å². The van der Waals surface area contributed by atoms with Crippen molar-refractivity contribution >= 4 is 41.2 Å². The van der Waals surface area contributed by atoms with Gasteiger partial charge in [0, 0.05) is 20.1 Å². The summed E-state index contributed by atoms with van der Waals surface area (Å²) in [6.07, 6.45) is -2.56. The zero-order chi connectivity index (χ0) is 18.0. The number of amides is 1. The van der Waals surface area contributed by atoms with Gasteiger partial charge < -0.3 is 27.3 Å². The second kappa shape index (κ2) is 10.5. The van der Waals surface area contributed by atoms with Crippen molar-refractivity contribution in [1.29, 1.82) is 0 Å². The molecule has 23 heavy (non-hydrogen) atoms. The van der Waals surface area contributed by atoms with Crippen LogP contribution in [0.15, 0.2) is 0 Å². The summed E-state index contributed by atoms with van der Waals surface area (Å²) in [4.78, 5) is 35.6. The highest BCUT2D eigenvalue weighted by Crippen LogP contribution is 2.10. The molecule has 9 nitrogen and oxygen atoms in total. The maximum Gasteiger partial charge on any atom is 0.521 e. The van der Waals surface area contributed by atoms with Gasteiger partial charge in [-0.15, -0.1) is 0 Å². The van der Waals surface area contributed by atoms with Crippen molar-refractivity contribution < 1.29 is 36.8 Å². The van der Waals surface area contributed by atoms with Gasteiger partial charge in [-0.05, 0) is 27.2 Å². The molecule has 0 aliphatic heterocycles. The number of likely N-dealkylation sites (N-methyl/N-ethyl adjacent to an activating group) is 1. The van der Waals surface area contributed by atoms with E-state index in [0.717, 1.165) is 4.90 Å². The molecule has 0 aromatic rings. The molecule has 134 valence electrons. The van der Waals surface area contributed by atoms with Crippen molar-refractivity contribution in [3.05, 3.63) is 0 Å². The van der Waals surface area contributed by atoms with Gasteiger partial charge in [0.2, 0.25) is 0 Å². The van der Waals surface area contributed by atoms with E-state index in [1.165, 1.54) is 30.1 Å². The predicted molar refractivity (Wildman–Crippen MR) is 86.6 cm³/mol. The predicted octanol–water partition coefficient (Wildman–Crippen LogP) is 2.00. The van der Waals surface area contributed by atoms with Crippen LogP contribution in [0.1, 0.15) is 33.6 Å². The van der Waals surface area contributed by atoms with E-state index in [-0.39, 0.29) is 26.0 Å². The molecule has 0 aromatic carbocycles. The van der Waals surface area contributed by atoms with Crippen LogP contribution >= 0.6 is 23.0 Å². The summed E-state index contributed by atoms with van der Waals surface area (Å²) in [5.41, 5.74) is -0.688. The first-order chi connectivity index (χ1) is 10.6. The van der Waals surface area contributed by atoms with Gasteiger partial charge in [0.15, 0.2) is 23.0 Å². The van der Waals surface area contributed by atoms with Gasteiger partial charge in [0.1, 0.15) is 12.1 Å². The fourth-order valence-electron chi connectivity index (χ4n) is 1.31. The molecule has 1 N–H and O–H groups in total. The zero-order valence-corrected chi connectivity index (χ0v) is 15.7. The van der Waals surface area contributed by atoms with Gasteiger partial charge in [0.05, 0.1) is 0 Å². The second-order valence-corrected chi connectivity index (χ2v) is 6.01. The zero-order valence-electron chi connectivity index (χ0n) is 13.5. The molecule has 0 rings (SSSR count). The van der Waals surface area contributed by atoms with E-state index < -0.39 is 30.1 Å². The second-order valence-electron chi connectivity index (χ2n) is 5.57. The Balaban J connectivity index is 4.49. The Kier molecular flexibility index (Phi) is 9.88. The first kappa shape index (κ1) is 21.7. The number of halogens is 1. The summed E-state index contributed by atoms with van der Waals surface area (Å²) in [6.45, 7) is 4.56. The molecule has 0 radical (unpaired) electrons. The molecule has 1 amide bonds. The van der Waals surface area contributed by atoms with E-state index >= 15 is 0 Å². The fourth-order valence-corrected chi connectivity index (χ4v) is 1.41. The summed E-state index contributed by atoms with van der Waals surface area (Å²) < 4.78 is 19.1. The third-order valence-electron chi connectivity index (χ3n) is 2.22. The Bertz CT molecular complexity index is 409. The minimum atomic E-state index is -1.20. The first-order valence-electron chi connectivity index (χ1n) is 6.82.